The van der Waals surface area contributed by atoms with E-state index in [1.54, 1.807) is 0 Å². The van der Waals surface area contributed by atoms with E-state index in [0.717, 1.165) is 43.6 Å². The maximum Gasteiger partial charge on any atom is 0.349 e. The average molecular weight is 415 g/mol. The summed E-state index contributed by atoms with van der Waals surface area (Å²) in [6.45, 7) is 8.71. The summed E-state index contributed by atoms with van der Waals surface area (Å²) < 4.78 is 5.42. The van der Waals surface area contributed by atoms with Gasteiger partial charge in [0.15, 0.2) is 0 Å². The van der Waals surface area contributed by atoms with Gasteiger partial charge in [0.05, 0.1) is 6.61 Å². The third-order valence-corrected chi connectivity index (χ3v) is 5.71. The van der Waals surface area contributed by atoms with Crippen molar-refractivity contribution >= 4 is 5.97 Å². The van der Waals surface area contributed by atoms with Gasteiger partial charge < -0.3 is 9.64 Å². The smallest absolute Gasteiger partial charge is 0.349 e. The number of carbonyl (C=O) groups is 1. The van der Waals surface area contributed by atoms with Gasteiger partial charge in [-0.3, -0.25) is 0 Å². The van der Waals surface area contributed by atoms with Gasteiger partial charge in [0.1, 0.15) is 11.6 Å². The number of nitriles is 1. The van der Waals surface area contributed by atoms with E-state index in [9.17, 15) is 10.1 Å². The van der Waals surface area contributed by atoms with Gasteiger partial charge in [-0.05, 0) is 38.3 Å². The predicted molar refractivity (Wildman–Crippen MR) is 125 cm³/mol. The summed E-state index contributed by atoms with van der Waals surface area (Å²) in [7, 11) is 0. The Balaban J connectivity index is 2.42. The lowest BCUT2D eigenvalue weighted by atomic mass is 10.1. The van der Waals surface area contributed by atoms with Crippen LogP contribution in [0.5, 0.6) is 0 Å². The van der Waals surface area contributed by atoms with Gasteiger partial charge in [0.25, 0.3) is 0 Å². The number of rotatable bonds is 15. The highest BCUT2D eigenvalue weighted by Gasteiger charge is 2.17. The number of esters is 1. The molecule has 0 fully saturated rings. The van der Waals surface area contributed by atoms with Crippen molar-refractivity contribution in [2.24, 2.45) is 0 Å². The maximum atomic E-state index is 12.5. The van der Waals surface area contributed by atoms with E-state index in [1.165, 1.54) is 51.4 Å². The first-order valence-electron chi connectivity index (χ1n) is 12.1. The van der Waals surface area contributed by atoms with Crippen molar-refractivity contribution in [3.63, 3.8) is 0 Å². The summed E-state index contributed by atoms with van der Waals surface area (Å²) in [6.07, 6.45) is 20.0. The SMILES string of the molecule is CCCCCCCCCCCCOC(=O)/C(C#N)=C1\C=C(N(CC)CC)CC=CC1. The molecule has 1 aliphatic carbocycles. The van der Waals surface area contributed by atoms with Crippen molar-refractivity contribution in [1.82, 2.24) is 4.90 Å². The van der Waals surface area contributed by atoms with Crippen molar-refractivity contribution in [3.05, 3.63) is 35.1 Å². The summed E-state index contributed by atoms with van der Waals surface area (Å²) in [5, 5.41) is 9.58. The fourth-order valence-corrected chi connectivity index (χ4v) is 3.83. The molecule has 0 aromatic rings. The van der Waals surface area contributed by atoms with E-state index in [1.807, 2.05) is 12.2 Å². The molecular weight excluding hydrogens is 372 g/mol. The number of allylic oxidation sites excluding steroid dienone is 4. The van der Waals surface area contributed by atoms with Crippen LogP contribution in [-0.4, -0.2) is 30.6 Å². The number of carbonyl (C=O) groups excluding carboxylic acids is 1. The molecule has 1 rings (SSSR count). The lowest BCUT2D eigenvalue weighted by Crippen LogP contribution is -2.22. The molecule has 1 aliphatic rings. The highest BCUT2D eigenvalue weighted by Crippen LogP contribution is 2.22. The third kappa shape index (κ3) is 10.1. The van der Waals surface area contributed by atoms with Crippen LogP contribution in [0.3, 0.4) is 0 Å². The Bertz CT molecular complexity index is 621. The molecule has 0 amide bonds. The predicted octanol–water partition coefficient (Wildman–Crippen LogP) is 6.85. The van der Waals surface area contributed by atoms with Crippen molar-refractivity contribution < 1.29 is 9.53 Å². The summed E-state index contributed by atoms with van der Waals surface area (Å²) in [5.41, 5.74) is 2.07. The molecule has 0 saturated carbocycles. The molecule has 0 aromatic heterocycles. The van der Waals surface area contributed by atoms with Crippen molar-refractivity contribution in [1.29, 1.82) is 5.26 Å². The van der Waals surface area contributed by atoms with E-state index in [-0.39, 0.29) is 5.57 Å². The second-order valence-corrected chi connectivity index (χ2v) is 8.02. The van der Waals surface area contributed by atoms with Crippen molar-refractivity contribution in [2.75, 3.05) is 19.7 Å². The molecule has 0 N–H and O–H groups in total. The Labute approximate surface area is 184 Å². The van der Waals surface area contributed by atoms with Gasteiger partial charge in [-0.2, -0.15) is 5.26 Å². The average Bonchev–Trinajstić information content (AvgIpc) is 3.00. The van der Waals surface area contributed by atoms with Crippen molar-refractivity contribution in [2.45, 2.75) is 97.8 Å². The molecule has 4 heteroatoms. The number of unbranched alkanes of at least 4 members (excludes halogenated alkanes) is 9. The maximum absolute atomic E-state index is 12.5. The second kappa shape index (κ2) is 16.7. The second-order valence-electron chi connectivity index (χ2n) is 8.02. The minimum absolute atomic E-state index is 0.151. The van der Waals surface area contributed by atoms with E-state index < -0.39 is 5.97 Å². The molecule has 0 aliphatic heterocycles. The molecule has 0 unspecified atom stereocenters. The first kappa shape index (κ1) is 26.0. The molecule has 0 aromatic carbocycles. The zero-order chi connectivity index (χ0) is 22.0. The van der Waals surface area contributed by atoms with Crippen LogP contribution in [0.25, 0.3) is 0 Å². The summed E-state index contributed by atoms with van der Waals surface area (Å²) in [6, 6.07) is 2.09. The van der Waals surface area contributed by atoms with Crippen LogP contribution in [0.1, 0.15) is 97.8 Å². The van der Waals surface area contributed by atoms with Crippen LogP contribution in [0, 0.1) is 11.3 Å². The summed E-state index contributed by atoms with van der Waals surface area (Å²) in [5.74, 6) is -0.478. The van der Waals surface area contributed by atoms with Crippen LogP contribution in [0.15, 0.2) is 35.1 Å². The van der Waals surface area contributed by atoms with E-state index >= 15 is 0 Å². The Kier molecular flexibility index (Phi) is 14.5. The van der Waals surface area contributed by atoms with Gasteiger partial charge in [0, 0.05) is 25.2 Å². The lowest BCUT2D eigenvalue weighted by molar-refractivity contribution is -0.138. The molecule has 0 spiro atoms. The fraction of sp³-hybridized carbons (Fsp3) is 0.692. The van der Waals surface area contributed by atoms with Gasteiger partial charge in [0.2, 0.25) is 0 Å². The summed E-state index contributed by atoms with van der Waals surface area (Å²) in [4.78, 5) is 14.8. The molecule has 0 radical (unpaired) electrons. The minimum Gasteiger partial charge on any atom is -0.462 e. The topological polar surface area (TPSA) is 53.3 Å². The van der Waals surface area contributed by atoms with Crippen LogP contribution in [0.4, 0.5) is 0 Å². The number of ether oxygens (including phenoxy) is 1. The highest BCUT2D eigenvalue weighted by molar-refractivity contribution is 5.94. The van der Waals surface area contributed by atoms with Crippen molar-refractivity contribution in [3.8, 4) is 6.07 Å². The summed E-state index contributed by atoms with van der Waals surface area (Å²) >= 11 is 0. The first-order valence-corrected chi connectivity index (χ1v) is 12.1. The van der Waals surface area contributed by atoms with E-state index in [0.29, 0.717) is 13.0 Å². The minimum atomic E-state index is -0.478. The quantitative estimate of drug-likeness (QED) is 0.0967. The van der Waals surface area contributed by atoms with Crippen LogP contribution in [-0.2, 0) is 9.53 Å². The van der Waals surface area contributed by atoms with Gasteiger partial charge in [-0.1, -0.05) is 76.9 Å². The zero-order valence-corrected chi connectivity index (χ0v) is 19.5. The number of hydrogen-bond acceptors (Lipinski definition) is 4. The largest absolute Gasteiger partial charge is 0.462 e. The zero-order valence-electron chi connectivity index (χ0n) is 19.5. The third-order valence-electron chi connectivity index (χ3n) is 5.71. The normalized spacial score (nSPS) is 15.2. The standard InChI is InChI=1S/C26H42N2O2/c1-4-7-8-9-10-11-12-13-14-17-20-30-26(29)25(22-27)23-18-15-16-19-24(21-23)28(5-2)6-3/h15-16,21H,4-14,17-20H2,1-3H3/b25-23-. The number of hydrogen-bond donors (Lipinski definition) is 0. The van der Waals surface area contributed by atoms with Gasteiger partial charge in [-0.15, -0.1) is 0 Å². The highest BCUT2D eigenvalue weighted by atomic mass is 16.5. The Morgan fingerprint density at radius 2 is 1.50 bits per heavy atom. The lowest BCUT2D eigenvalue weighted by Gasteiger charge is -2.23. The molecule has 0 saturated heterocycles. The van der Waals surface area contributed by atoms with E-state index in [2.05, 4.69) is 37.8 Å². The molecule has 0 heterocycles. The van der Waals surface area contributed by atoms with Crippen LogP contribution >= 0.6 is 0 Å². The molecule has 0 bridgehead atoms. The molecule has 0 atom stereocenters. The molecule has 4 nitrogen and oxygen atoms in total. The van der Waals surface area contributed by atoms with Gasteiger partial charge in [-0.25, -0.2) is 4.79 Å². The Morgan fingerprint density at radius 3 is 2.07 bits per heavy atom. The van der Waals surface area contributed by atoms with E-state index in [4.69, 9.17) is 4.74 Å². The van der Waals surface area contributed by atoms with Crippen LogP contribution < -0.4 is 0 Å². The first-order chi connectivity index (χ1) is 14.7. The van der Waals surface area contributed by atoms with Gasteiger partial charge >= 0.3 is 5.97 Å². The monoisotopic (exact) mass is 414 g/mol. The molecule has 30 heavy (non-hydrogen) atoms. The van der Waals surface area contributed by atoms with Crippen LogP contribution in [0.2, 0.25) is 0 Å². The number of nitrogens with zero attached hydrogens (tertiary/aromatic N) is 2. The molecule has 168 valence electrons. The fourth-order valence-electron chi connectivity index (χ4n) is 3.83. The Morgan fingerprint density at radius 1 is 0.933 bits per heavy atom. The molecular formula is C26H42N2O2. The Hall–Kier alpha value is -2.02.